The lowest BCUT2D eigenvalue weighted by Crippen LogP contribution is -2.32. The predicted molar refractivity (Wildman–Crippen MR) is 49.2 cm³/mol. The topological polar surface area (TPSA) is 38.3 Å². The Labute approximate surface area is 82.1 Å². The average molecular weight is 207 g/mol. The first-order chi connectivity index (χ1) is 6.31. The van der Waals surface area contributed by atoms with Gasteiger partial charge in [-0.3, -0.25) is 0 Å². The first-order valence-electron chi connectivity index (χ1n) is 4.29. The van der Waals surface area contributed by atoms with E-state index in [9.17, 15) is 13.6 Å². The van der Waals surface area contributed by atoms with Crippen LogP contribution in [0.5, 0.6) is 0 Å². The molecule has 0 bridgehead atoms. The molecule has 0 aliphatic heterocycles. The molecular weight excluding hydrogens is 192 g/mol. The second-order valence-electron chi connectivity index (χ2n) is 3.71. The van der Waals surface area contributed by atoms with Crippen LogP contribution in [0.15, 0.2) is 12.2 Å². The van der Waals surface area contributed by atoms with Crippen molar-refractivity contribution in [2.45, 2.75) is 32.8 Å². The third-order valence-corrected chi connectivity index (χ3v) is 1.11. The lowest BCUT2D eigenvalue weighted by molar-refractivity contribution is 0.0528. The number of ether oxygens (including phenoxy) is 1. The predicted octanol–water partition coefficient (Wildman–Crippen LogP) is 2.68. The van der Waals surface area contributed by atoms with Crippen LogP contribution in [0.1, 0.15) is 27.2 Å². The van der Waals surface area contributed by atoms with Crippen molar-refractivity contribution in [3.63, 3.8) is 0 Å². The first kappa shape index (κ1) is 12.9. The Hall–Kier alpha value is -1.13. The minimum absolute atomic E-state index is 0.0988. The van der Waals surface area contributed by atoms with E-state index in [2.05, 4.69) is 5.32 Å². The summed E-state index contributed by atoms with van der Waals surface area (Å²) in [5.74, 6) is 0. The van der Waals surface area contributed by atoms with Gasteiger partial charge in [0.2, 0.25) is 0 Å². The Morgan fingerprint density at radius 2 is 2.00 bits per heavy atom. The van der Waals surface area contributed by atoms with E-state index in [-0.39, 0.29) is 13.0 Å². The number of halogens is 2. The number of rotatable bonds is 3. The van der Waals surface area contributed by atoms with Crippen LogP contribution in [-0.4, -0.2) is 18.2 Å². The van der Waals surface area contributed by atoms with E-state index in [1.165, 1.54) is 0 Å². The molecule has 14 heavy (non-hydrogen) atoms. The van der Waals surface area contributed by atoms with Crippen LogP contribution < -0.4 is 5.32 Å². The first-order valence-corrected chi connectivity index (χ1v) is 4.29. The van der Waals surface area contributed by atoms with Gasteiger partial charge in [-0.05, 0) is 33.3 Å². The zero-order valence-corrected chi connectivity index (χ0v) is 8.56. The van der Waals surface area contributed by atoms with Crippen molar-refractivity contribution in [1.29, 1.82) is 0 Å². The molecule has 0 aromatic carbocycles. The molecule has 82 valence electrons. The molecule has 0 atom stereocenters. The van der Waals surface area contributed by atoms with Crippen LogP contribution in [0.3, 0.4) is 0 Å². The second-order valence-corrected chi connectivity index (χ2v) is 3.71. The molecule has 0 aromatic rings. The number of alkyl carbamates (subject to hydrolysis) is 1. The number of hydrogen-bond donors (Lipinski definition) is 1. The van der Waals surface area contributed by atoms with Gasteiger partial charge in [-0.2, -0.15) is 8.78 Å². The van der Waals surface area contributed by atoms with Gasteiger partial charge < -0.3 is 10.1 Å². The Bertz CT molecular complexity index is 217. The highest BCUT2D eigenvalue weighted by atomic mass is 19.3. The molecule has 5 heteroatoms. The molecule has 3 nitrogen and oxygen atoms in total. The van der Waals surface area contributed by atoms with E-state index in [0.717, 1.165) is 6.08 Å². The van der Waals surface area contributed by atoms with Gasteiger partial charge in [-0.15, -0.1) is 0 Å². The molecule has 0 heterocycles. The summed E-state index contributed by atoms with van der Waals surface area (Å²) in [7, 11) is 0. The molecule has 1 amide bonds. The molecule has 0 rings (SSSR count). The number of carbonyl (C=O) groups excluding carboxylic acids is 1. The van der Waals surface area contributed by atoms with Gasteiger partial charge in [0, 0.05) is 6.54 Å². The van der Waals surface area contributed by atoms with E-state index in [0.29, 0.717) is 0 Å². The normalized spacial score (nSPS) is 10.6. The van der Waals surface area contributed by atoms with Crippen molar-refractivity contribution in [2.24, 2.45) is 0 Å². The summed E-state index contributed by atoms with van der Waals surface area (Å²) < 4.78 is 28.0. The maximum atomic E-state index is 11.5. The van der Waals surface area contributed by atoms with E-state index >= 15 is 0 Å². The summed E-state index contributed by atoms with van der Waals surface area (Å²) in [6, 6.07) is 0. The van der Waals surface area contributed by atoms with Crippen molar-refractivity contribution >= 4 is 6.09 Å². The monoisotopic (exact) mass is 207 g/mol. The zero-order chi connectivity index (χ0) is 11.2. The average Bonchev–Trinajstić information content (AvgIpc) is 1.94. The highest BCUT2D eigenvalue weighted by Gasteiger charge is 2.15. The summed E-state index contributed by atoms with van der Waals surface area (Å²) in [6.45, 7) is 5.33. The largest absolute Gasteiger partial charge is 0.444 e. The molecule has 0 fully saturated rings. The van der Waals surface area contributed by atoms with Crippen LogP contribution in [0, 0.1) is 0 Å². The minimum Gasteiger partial charge on any atom is -0.444 e. The second kappa shape index (κ2) is 5.57. The Kier molecular flexibility index (Phi) is 5.12. The molecule has 0 saturated carbocycles. The van der Waals surface area contributed by atoms with Gasteiger partial charge in [-0.1, -0.05) is 0 Å². The van der Waals surface area contributed by atoms with Crippen LogP contribution in [-0.2, 0) is 4.74 Å². The third-order valence-electron chi connectivity index (χ3n) is 1.11. The maximum absolute atomic E-state index is 11.5. The van der Waals surface area contributed by atoms with Crippen molar-refractivity contribution in [3.8, 4) is 0 Å². The van der Waals surface area contributed by atoms with Crippen LogP contribution in [0.4, 0.5) is 13.6 Å². The van der Waals surface area contributed by atoms with Gasteiger partial charge in [0.15, 0.2) is 0 Å². The lowest BCUT2D eigenvalue weighted by atomic mass is 10.2. The number of amides is 1. The van der Waals surface area contributed by atoms with Crippen molar-refractivity contribution in [1.82, 2.24) is 5.32 Å². The molecular formula is C9H15F2NO2. The van der Waals surface area contributed by atoms with Gasteiger partial charge in [0.05, 0.1) is 0 Å². The van der Waals surface area contributed by atoms with E-state index < -0.39 is 17.8 Å². The fourth-order valence-corrected chi connectivity index (χ4v) is 0.670. The summed E-state index contributed by atoms with van der Waals surface area (Å²) in [5, 5.41) is 2.36. The van der Waals surface area contributed by atoms with E-state index in [4.69, 9.17) is 4.74 Å². The van der Waals surface area contributed by atoms with Crippen LogP contribution >= 0.6 is 0 Å². The van der Waals surface area contributed by atoms with Gasteiger partial charge in [0.1, 0.15) is 5.60 Å². The highest BCUT2D eigenvalue weighted by Crippen LogP contribution is 2.06. The number of carbonyl (C=O) groups is 1. The molecule has 0 aliphatic rings. The highest BCUT2D eigenvalue weighted by molar-refractivity contribution is 5.67. The molecule has 0 radical (unpaired) electrons. The molecule has 0 unspecified atom stereocenters. The smallest absolute Gasteiger partial charge is 0.407 e. The molecule has 0 aliphatic carbocycles. The quantitative estimate of drug-likeness (QED) is 0.722. The van der Waals surface area contributed by atoms with Crippen molar-refractivity contribution in [3.05, 3.63) is 12.2 Å². The molecule has 1 N–H and O–H groups in total. The third kappa shape index (κ3) is 8.96. The standard InChI is InChI=1S/C9H15F2NO2/c1-9(2,3)14-8(13)12-6-4-5-7(10)11/h5H,4,6H2,1-3H3,(H,12,13). The Morgan fingerprint density at radius 1 is 1.43 bits per heavy atom. The van der Waals surface area contributed by atoms with Gasteiger partial charge in [-0.25, -0.2) is 4.79 Å². The fraction of sp³-hybridized carbons (Fsp3) is 0.667. The molecule has 0 spiro atoms. The Morgan fingerprint density at radius 3 is 2.43 bits per heavy atom. The minimum atomic E-state index is -1.74. The number of nitrogens with one attached hydrogen (secondary N) is 1. The maximum Gasteiger partial charge on any atom is 0.407 e. The summed E-state index contributed by atoms with van der Waals surface area (Å²) >= 11 is 0. The van der Waals surface area contributed by atoms with Gasteiger partial charge in [0.25, 0.3) is 6.08 Å². The van der Waals surface area contributed by atoms with Crippen LogP contribution in [0.2, 0.25) is 0 Å². The fourth-order valence-electron chi connectivity index (χ4n) is 0.670. The zero-order valence-electron chi connectivity index (χ0n) is 8.56. The molecule has 0 aromatic heterocycles. The van der Waals surface area contributed by atoms with Crippen molar-refractivity contribution in [2.75, 3.05) is 6.54 Å². The van der Waals surface area contributed by atoms with E-state index in [1.54, 1.807) is 20.8 Å². The summed E-state index contributed by atoms with van der Waals surface area (Å²) in [4.78, 5) is 11.0. The molecule has 0 saturated heterocycles. The van der Waals surface area contributed by atoms with Crippen LogP contribution in [0.25, 0.3) is 0 Å². The van der Waals surface area contributed by atoms with Crippen molar-refractivity contribution < 1.29 is 18.3 Å². The lowest BCUT2D eigenvalue weighted by Gasteiger charge is -2.19. The summed E-state index contributed by atoms with van der Waals surface area (Å²) in [5.41, 5.74) is -0.564. The summed E-state index contributed by atoms with van der Waals surface area (Å²) in [6.07, 6.45) is -1.49. The SMILES string of the molecule is CC(C)(C)OC(=O)NCCC=C(F)F. The Balaban J connectivity index is 3.61. The van der Waals surface area contributed by atoms with E-state index in [1.807, 2.05) is 0 Å². The van der Waals surface area contributed by atoms with Gasteiger partial charge >= 0.3 is 6.09 Å². The number of hydrogen-bond acceptors (Lipinski definition) is 2.